The van der Waals surface area contributed by atoms with Gasteiger partial charge in [0.25, 0.3) is 5.91 Å². The number of hydrogen-bond donors (Lipinski definition) is 2. The zero-order chi connectivity index (χ0) is 19.5. The van der Waals surface area contributed by atoms with Crippen LogP contribution >= 0.6 is 0 Å². The van der Waals surface area contributed by atoms with Crippen LogP contribution in [0.15, 0.2) is 42.5 Å². The molecule has 6 nitrogen and oxygen atoms in total. The maximum Gasteiger partial charge on any atom is 0.253 e. The van der Waals surface area contributed by atoms with Gasteiger partial charge >= 0.3 is 0 Å². The molecule has 3 aromatic rings. The second-order valence-corrected chi connectivity index (χ2v) is 6.95. The second-order valence-electron chi connectivity index (χ2n) is 6.95. The van der Waals surface area contributed by atoms with Crippen molar-refractivity contribution in [1.82, 2.24) is 9.97 Å². The highest BCUT2D eigenvalue weighted by molar-refractivity contribution is 5.96. The molecule has 2 aromatic carbocycles. The van der Waals surface area contributed by atoms with Gasteiger partial charge in [0.05, 0.1) is 17.6 Å². The number of methoxy groups -OCH3 is 1. The lowest BCUT2D eigenvalue weighted by Crippen LogP contribution is -2.36. The number of carbonyl (C=O) groups excluding carboxylic acids is 1. The lowest BCUT2D eigenvalue weighted by Gasteiger charge is -2.20. The second kappa shape index (κ2) is 8.08. The molecule has 146 valence electrons. The van der Waals surface area contributed by atoms with E-state index in [1.54, 1.807) is 24.3 Å². The molecule has 0 radical (unpaired) electrons. The number of H-pyrrole nitrogens is 1. The number of aromatic nitrogens is 2. The molecule has 1 saturated heterocycles. The highest BCUT2D eigenvalue weighted by atomic mass is 19.1. The monoisotopic (exact) mass is 383 g/mol. The topological polar surface area (TPSA) is 76.2 Å². The first-order valence-corrected chi connectivity index (χ1v) is 9.27. The van der Waals surface area contributed by atoms with E-state index < -0.39 is 6.10 Å². The van der Waals surface area contributed by atoms with Crippen molar-refractivity contribution in [1.29, 1.82) is 0 Å². The van der Waals surface area contributed by atoms with E-state index in [1.165, 1.54) is 13.2 Å². The van der Waals surface area contributed by atoms with Crippen LogP contribution in [0.3, 0.4) is 0 Å². The minimum Gasteiger partial charge on any atom is -0.381 e. The summed E-state index contributed by atoms with van der Waals surface area (Å²) in [7, 11) is 1.54. The molecular formula is C21H22FN3O3. The van der Waals surface area contributed by atoms with Crippen molar-refractivity contribution in [3.63, 3.8) is 0 Å². The van der Waals surface area contributed by atoms with E-state index in [0.29, 0.717) is 36.7 Å². The van der Waals surface area contributed by atoms with Gasteiger partial charge in [-0.2, -0.15) is 0 Å². The van der Waals surface area contributed by atoms with Crippen LogP contribution in [0.4, 0.5) is 10.1 Å². The first kappa shape index (κ1) is 18.6. The van der Waals surface area contributed by atoms with Crippen molar-refractivity contribution in [2.75, 3.05) is 25.6 Å². The van der Waals surface area contributed by atoms with E-state index in [2.05, 4.69) is 15.3 Å². The van der Waals surface area contributed by atoms with Crippen LogP contribution < -0.4 is 5.32 Å². The zero-order valence-corrected chi connectivity index (χ0v) is 15.6. The number of benzene rings is 2. The number of nitrogens with zero attached hydrogens (tertiary/aromatic N) is 1. The molecule has 2 N–H and O–H groups in total. The van der Waals surface area contributed by atoms with Gasteiger partial charge in [0.1, 0.15) is 17.7 Å². The molecular weight excluding hydrogens is 361 g/mol. The predicted octanol–water partition coefficient (Wildman–Crippen LogP) is 3.28. The molecule has 1 fully saturated rings. The van der Waals surface area contributed by atoms with Gasteiger partial charge in [0, 0.05) is 31.7 Å². The van der Waals surface area contributed by atoms with Crippen LogP contribution in [0.5, 0.6) is 0 Å². The molecule has 2 unspecified atom stereocenters. The van der Waals surface area contributed by atoms with Crippen molar-refractivity contribution in [3.05, 3.63) is 59.7 Å². The Morgan fingerprint density at radius 1 is 1.39 bits per heavy atom. The van der Waals surface area contributed by atoms with Crippen molar-refractivity contribution in [2.24, 2.45) is 5.92 Å². The summed E-state index contributed by atoms with van der Waals surface area (Å²) in [5.74, 6) is 0.288. The molecule has 28 heavy (non-hydrogen) atoms. The molecule has 1 amide bonds. The molecule has 2 heterocycles. The third kappa shape index (κ3) is 3.90. The first-order chi connectivity index (χ1) is 13.6. The minimum absolute atomic E-state index is 0.0632. The SMILES string of the molecule is COC(C(=O)Nc1ccc2nc(Cc3ccccc3F)[nH]c2c1)C1CCOC1. The third-order valence-electron chi connectivity index (χ3n) is 5.02. The van der Waals surface area contributed by atoms with E-state index in [4.69, 9.17) is 9.47 Å². The van der Waals surface area contributed by atoms with Crippen LogP contribution in [-0.2, 0) is 20.7 Å². The Morgan fingerprint density at radius 3 is 3.00 bits per heavy atom. The predicted molar refractivity (Wildman–Crippen MR) is 104 cm³/mol. The summed E-state index contributed by atoms with van der Waals surface area (Å²) in [6.45, 7) is 1.19. The fraction of sp³-hybridized carbons (Fsp3) is 0.333. The number of carbonyl (C=O) groups is 1. The van der Waals surface area contributed by atoms with Gasteiger partial charge in [-0.1, -0.05) is 18.2 Å². The molecule has 1 aromatic heterocycles. The maximum absolute atomic E-state index is 13.9. The molecule has 1 aliphatic heterocycles. The van der Waals surface area contributed by atoms with E-state index in [0.717, 1.165) is 17.5 Å². The Hall–Kier alpha value is -2.77. The molecule has 4 rings (SSSR count). The largest absolute Gasteiger partial charge is 0.381 e. The minimum atomic E-state index is -0.545. The number of hydrogen-bond acceptors (Lipinski definition) is 4. The van der Waals surface area contributed by atoms with Gasteiger partial charge in [-0.15, -0.1) is 0 Å². The zero-order valence-electron chi connectivity index (χ0n) is 15.6. The fourth-order valence-corrected chi connectivity index (χ4v) is 3.56. The molecule has 0 spiro atoms. The summed E-state index contributed by atoms with van der Waals surface area (Å²) in [6.07, 6.45) is 0.637. The average Bonchev–Trinajstić information content (AvgIpc) is 3.33. The molecule has 0 saturated carbocycles. The van der Waals surface area contributed by atoms with Crippen LogP contribution in [0, 0.1) is 11.7 Å². The molecule has 7 heteroatoms. The Kier molecular flexibility index (Phi) is 5.36. The molecule has 0 aliphatic carbocycles. The molecule has 2 atom stereocenters. The lowest BCUT2D eigenvalue weighted by atomic mass is 10.0. The van der Waals surface area contributed by atoms with E-state index >= 15 is 0 Å². The summed E-state index contributed by atoms with van der Waals surface area (Å²) in [6, 6.07) is 12.1. The van der Waals surface area contributed by atoms with Crippen LogP contribution in [0.2, 0.25) is 0 Å². The highest BCUT2D eigenvalue weighted by Crippen LogP contribution is 2.23. The van der Waals surface area contributed by atoms with Crippen molar-refractivity contribution in [3.8, 4) is 0 Å². The Balaban J connectivity index is 1.50. The summed E-state index contributed by atoms with van der Waals surface area (Å²) < 4.78 is 24.6. The van der Waals surface area contributed by atoms with Crippen molar-refractivity contribution >= 4 is 22.6 Å². The van der Waals surface area contributed by atoms with E-state index in [1.807, 2.05) is 12.1 Å². The Bertz CT molecular complexity index is 982. The fourth-order valence-electron chi connectivity index (χ4n) is 3.56. The summed E-state index contributed by atoms with van der Waals surface area (Å²) >= 11 is 0. The Morgan fingerprint density at radius 2 is 2.25 bits per heavy atom. The van der Waals surface area contributed by atoms with Crippen LogP contribution in [0.1, 0.15) is 17.8 Å². The summed E-state index contributed by atoms with van der Waals surface area (Å²) in [5.41, 5.74) is 2.77. The number of imidazole rings is 1. The number of rotatable bonds is 6. The normalized spacial score (nSPS) is 17.7. The highest BCUT2D eigenvalue weighted by Gasteiger charge is 2.31. The van der Waals surface area contributed by atoms with Gasteiger partial charge in [-0.05, 0) is 36.2 Å². The first-order valence-electron chi connectivity index (χ1n) is 9.27. The van der Waals surface area contributed by atoms with E-state index in [-0.39, 0.29) is 17.6 Å². The number of ether oxygens (including phenoxy) is 2. The van der Waals surface area contributed by atoms with Gasteiger partial charge in [-0.25, -0.2) is 9.37 Å². The quantitative estimate of drug-likeness (QED) is 0.685. The number of fused-ring (bicyclic) bond motifs is 1. The summed E-state index contributed by atoms with van der Waals surface area (Å²) in [5, 5.41) is 2.90. The molecule has 0 bridgehead atoms. The standard InChI is InChI=1S/C21H22FN3O3/c1-27-20(14-8-9-28-12-14)21(26)23-15-6-7-17-18(11-15)25-19(24-17)10-13-4-2-3-5-16(13)22/h2-7,11,14,20H,8-10,12H2,1H3,(H,23,26)(H,24,25). The number of halogens is 1. The average molecular weight is 383 g/mol. The van der Waals surface area contributed by atoms with Crippen LogP contribution in [-0.4, -0.2) is 42.3 Å². The smallest absolute Gasteiger partial charge is 0.253 e. The van der Waals surface area contributed by atoms with Crippen molar-refractivity contribution in [2.45, 2.75) is 18.9 Å². The van der Waals surface area contributed by atoms with Gasteiger partial charge in [0.2, 0.25) is 0 Å². The van der Waals surface area contributed by atoms with Crippen molar-refractivity contribution < 1.29 is 18.7 Å². The van der Waals surface area contributed by atoms with Gasteiger partial charge in [-0.3, -0.25) is 4.79 Å². The van der Waals surface area contributed by atoms with Gasteiger partial charge < -0.3 is 19.8 Å². The van der Waals surface area contributed by atoms with Gasteiger partial charge in [0.15, 0.2) is 0 Å². The number of nitrogens with one attached hydrogen (secondary N) is 2. The van der Waals surface area contributed by atoms with Crippen LogP contribution in [0.25, 0.3) is 11.0 Å². The summed E-state index contributed by atoms with van der Waals surface area (Å²) in [4.78, 5) is 20.3. The number of amides is 1. The number of anilines is 1. The van der Waals surface area contributed by atoms with E-state index in [9.17, 15) is 9.18 Å². The number of aromatic amines is 1. The maximum atomic E-state index is 13.9. The lowest BCUT2D eigenvalue weighted by molar-refractivity contribution is -0.128. The molecule has 1 aliphatic rings. The Labute approximate surface area is 162 Å². The third-order valence-corrected chi connectivity index (χ3v) is 5.02.